The number of hydrogen-bond acceptors (Lipinski definition) is 5. The number of rotatable bonds is 4. The van der Waals surface area contributed by atoms with Crippen LogP contribution in [0.25, 0.3) is 16.3 Å². The summed E-state index contributed by atoms with van der Waals surface area (Å²) < 4.78 is 1.79. The lowest BCUT2D eigenvalue weighted by Crippen LogP contribution is -1.98. The number of aromatic amines is 1. The van der Waals surface area contributed by atoms with E-state index in [0.29, 0.717) is 5.78 Å². The molecule has 0 spiro atoms. The zero-order valence-electron chi connectivity index (χ0n) is 12.9. The van der Waals surface area contributed by atoms with E-state index < -0.39 is 0 Å². The molecule has 0 saturated heterocycles. The molecular weight excluding hydrogens is 308 g/mol. The van der Waals surface area contributed by atoms with E-state index in [1.54, 1.807) is 15.9 Å². The molecule has 4 heterocycles. The molecule has 4 aromatic rings. The molecule has 116 valence electrons. The number of nitrogens with zero attached hydrogens (tertiary/aromatic N) is 5. The van der Waals surface area contributed by atoms with Gasteiger partial charge in [0.1, 0.15) is 5.82 Å². The molecule has 0 aliphatic carbocycles. The van der Waals surface area contributed by atoms with Crippen LogP contribution in [0.4, 0.5) is 0 Å². The van der Waals surface area contributed by atoms with Crippen LogP contribution < -0.4 is 0 Å². The third-order valence-electron chi connectivity index (χ3n) is 3.66. The van der Waals surface area contributed by atoms with Crippen LogP contribution in [0, 0.1) is 13.8 Å². The van der Waals surface area contributed by atoms with Crippen LogP contribution >= 0.6 is 11.3 Å². The van der Waals surface area contributed by atoms with E-state index in [1.807, 2.05) is 32.2 Å². The molecule has 0 aliphatic heterocycles. The highest BCUT2D eigenvalue weighted by Crippen LogP contribution is 2.22. The van der Waals surface area contributed by atoms with E-state index in [0.717, 1.165) is 41.6 Å². The van der Waals surface area contributed by atoms with Gasteiger partial charge in [-0.15, -0.1) is 16.4 Å². The Hall–Kier alpha value is -2.54. The summed E-state index contributed by atoms with van der Waals surface area (Å²) in [5, 5.41) is 6.59. The van der Waals surface area contributed by atoms with Crippen molar-refractivity contribution in [1.82, 2.24) is 29.5 Å². The number of aryl methyl sites for hydroxylation is 4. The smallest absolute Gasteiger partial charge is 0.252 e. The summed E-state index contributed by atoms with van der Waals surface area (Å²) in [5.41, 5.74) is 3.07. The van der Waals surface area contributed by atoms with Gasteiger partial charge in [0.15, 0.2) is 5.82 Å². The average Bonchev–Trinajstić information content (AvgIpc) is 3.24. The van der Waals surface area contributed by atoms with Gasteiger partial charge in [0.05, 0.1) is 16.8 Å². The maximum absolute atomic E-state index is 4.53. The lowest BCUT2D eigenvalue weighted by Gasteiger charge is -1.97. The first kappa shape index (κ1) is 14.1. The largest absolute Gasteiger partial charge is 0.341 e. The molecular formula is C16H16N6S. The molecule has 0 radical (unpaired) electrons. The fraction of sp³-hybridized carbons (Fsp3) is 0.250. The average molecular weight is 324 g/mol. The predicted molar refractivity (Wildman–Crippen MR) is 89.6 cm³/mol. The Morgan fingerprint density at radius 3 is 2.96 bits per heavy atom. The molecule has 0 amide bonds. The number of fused-ring (bicyclic) bond motifs is 1. The normalized spacial score (nSPS) is 11.4. The first-order valence-corrected chi connectivity index (χ1v) is 8.35. The Morgan fingerprint density at radius 2 is 2.13 bits per heavy atom. The minimum Gasteiger partial charge on any atom is -0.341 e. The third-order valence-corrected chi connectivity index (χ3v) is 4.57. The highest BCUT2D eigenvalue weighted by molar-refractivity contribution is 7.13. The number of H-pyrrole nitrogens is 1. The first-order chi connectivity index (χ1) is 11.2. The van der Waals surface area contributed by atoms with Gasteiger partial charge in [0.25, 0.3) is 5.78 Å². The van der Waals surface area contributed by atoms with Crippen LogP contribution in [0.1, 0.15) is 23.0 Å². The molecule has 4 aromatic heterocycles. The molecule has 0 unspecified atom stereocenters. The summed E-state index contributed by atoms with van der Waals surface area (Å²) >= 11 is 1.70. The third kappa shape index (κ3) is 2.75. The Morgan fingerprint density at radius 1 is 1.22 bits per heavy atom. The molecule has 23 heavy (non-hydrogen) atoms. The van der Waals surface area contributed by atoms with Crippen molar-refractivity contribution < 1.29 is 0 Å². The minimum atomic E-state index is 0.663. The van der Waals surface area contributed by atoms with Gasteiger partial charge in [-0.2, -0.15) is 4.98 Å². The van der Waals surface area contributed by atoms with Crippen LogP contribution in [-0.2, 0) is 12.8 Å². The summed E-state index contributed by atoms with van der Waals surface area (Å²) in [5.74, 6) is 2.41. The van der Waals surface area contributed by atoms with Gasteiger partial charge >= 0.3 is 0 Å². The fourth-order valence-corrected chi connectivity index (χ4v) is 3.28. The predicted octanol–water partition coefficient (Wildman–Crippen LogP) is 2.98. The second-order valence-corrected chi connectivity index (χ2v) is 6.45. The summed E-state index contributed by atoms with van der Waals surface area (Å²) in [7, 11) is 0. The molecule has 0 aliphatic rings. The minimum absolute atomic E-state index is 0.663. The highest BCUT2D eigenvalue weighted by Gasteiger charge is 2.09. The second kappa shape index (κ2) is 5.58. The van der Waals surface area contributed by atoms with Crippen molar-refractivity contribution in [3.63, 3.8) is 0 Å². The lowest BCUT2D eigenvalue weighted by atomic mass is 10.3. The standard InChI is InChI=1S/C16H16N6S/c1-10-8-11(2)22-16(18-10)20-15(21-22)6-5-14-17-9-12(19-14)13-4-3-7-23-13/h3-4,7-9H,5-6H2,1-2H3,(H,17,19). The van der Waals surface area contributed by atoms with E-state index in [1.165, 1.54) is 4.88 Å². The number of hydrogen-bond donors (Lipinski definition) is 1. The Balaban J connectivity index is 1.52. The molecule has 0 atom stereocenters. The maximum atomic E-state index is 4.53. The number of thiophene rings is 1. The van der Waals surface area contributed by atoms with Crippen molar-refractivity contribution in [3.05, 3.63) is 52.8 Å². The molecule has 0 bridgehead atoms. The van der Waals surface area contributed by atoms with Crippen LogP contribution in [0.15, 0.2) is 29.8 Å². The summed E-state index contributed by atoms with van der Waals surface area (Å²) in [6.45, 7) is 3.98. The SMILES string of the molecule is Cc1cc(C)n2nc(CCc3ncc(-c4cccs4)[nH]3)nc2n1. The van der Waals surface area contributed by atoms with Gasteiger partial charge < -0.3 is 4.98 Å². The van der Waals surface area contributed by atoms with Gasteiger partial charge in [0, 0.05) is 24.2 Å². The van der Waals surface area contributed by atoms with Gasteiger partial charge in [0.2, 0.25) is 0 Å². The van der Waals surface area contributed by atoms with Crippen molar-refractivity contribution in [2.75, 3.05) is 0 Å². The topological polar surface area (TPSA) is 71.8 Å². The van der Waals surface area contributed by atoms with Gasteiger partial charge in [-0.25, -0.2) is 14.5 Å². The van der Waals surface area contributed by atoms with Gasteiger partial charge in [-0.05, 0) is 31.4 Å². The van der Waals surface area contributed by atoms with Crippen LogP contribution in [0.5, 0.6) is 0 Å². The fourth-order valence-electron chi connectivity index (χ4n) is 2.59. The van der Waals surface area contributed by atoms with Crippen molar-refractivity contribution >= 4 is 17.1 Å². The van der Waals surface area contributed by atoms with E-state index in [-0.39, 0.29) is 0 Å². The summed E-state index contributed by atoms with van der Waals surface area (Å²) in [6, 6.07) is 6.13. The Bertz CT molecular complexity index is 950. The zero-order chi connectivity index (χ0) is 15.8. The van der Waals surface area contributed by atoms with E-state index >= 15 is 0 Å². The number of imidazole rings is 1. The molecule has 4 rings (SSSR count). The maximum Gasteiger partial charge on any atom is 0.252 e. The molecule has 6 nitrogen and oxygen atoms in total. The molecule has 1 N–H and O–H groups in total. The van der Waals surface area contributed by atoms with Crippen molar-refractivity contribution in [2.45, 2.75) is 26.7 Å². The number of nitrogens with one attached hydrogen (secondary N) is 1. The monoisotopic (exact) mass is 324 g/mol. The zero-order valence-corrected chi connectivity index (χ0v) is 13.8. The second-order valence-electron chi connectivity index (χ2n) is 5.50. The quantitative estimate of drug-likeness (QED) is 0.626. The van der Waals surface area contributed by atoms with Crippen molar-refractivity contribution in [3.8, 4) is 10.6 Å². The first-order valence-electron chi connectivity index (χ1n) is 7.47. The van der Waals surface area contributed by atoms with E-state index in [2.05, 4.69) is 36.5 Å². The van der Waals surface area contributed by atoms with Crippen LogP contribution in [-0.4, -0.2) is 29.5 Å². The molecule has 0 fully saturated rings. The van der Waals surface area contributed by atoms with Gasteiger partial charge in [-0.1, -0.05) is 6.07 Å². The molecule has 0 aromatic carbocycles. The highest BCUT2D eigenvalue weighted by atomic mass is 32.1. The molecule has 7 heteroatoms. The Labute approximate surface area is 137 Å². The van der Waals surface area contributed by atoms with E-state index in [4.69, 9.17) is 0 Å². The Kier molecular flexibility index (Phi) is 3.42. The van der Waals surface area contributed by atoms with Crippen LogP contribution in [0.3, 0.4) is 0 Å². The van der Waals surface area contributed by atoms with Crippen LogP contribution in [0.2, 0.25) is 0 Å². The van der Waals surface area contributed by atoms with Crippen molar-refractivity contribution in [2.24, 2.45) is 0 Å². The summed E-state index contributed by atoms with van der Waals surface area (Å²) in [4.78, 5) is 17.9. The lowest BCUT2D eigenvalue weighted by molar-refractivity contribution is 0.796. The molecule has 0 saturated carbocycles. The number of aromatic nitrogens is 6. The van der Waals surface area contributed by atoms with Gasteiger partial charge in [-0.3, -0.25) is 0 Å². The van der Waals surface area contributed by atoms with Crippen molar-refractivity contribution in [1.29, 1.82) is 0 Å². The summed E-state index contributed by atoms with van der Waals surface area (Å²) in [6.07, 6.45) is 3.40. The van der Waals surface area contributed by atoms with E-state index in [9.17, 15) is 0 Å².